The molecule has 0 aliphatic heterocycles. The maximum Gasteiger partial charge on any atom is 0.212 e. The summed E-state index contributed by atoms with van der Waals surface area (Å²) in [6.07, 6.45) is 1.79. The van der Waals surface area contributed by atoms with Crippen LogP contribution in [0.5, 0.6) is 11.6 Å². The van der Waals surface area contributed by atoms with Crippen molar-refractivity contribution in [2.75, 3.05) is 7.11 Å². The Balaban J connectivity index is 2.09. The highest BCUT2D eigenvalue weighted by molar-refractivity contribution is 5.79. The maximum absolute atomic E-state index is 10.9. The van der Waals surface area contributed by atoms with Crippen LogP contribution in [-0.4, -0.2) is 22.7 Å². The summed E-state index contributed by atoms with van der Waals surface area (Å²) < 4.78 is 5.16. The number of pyridine rings is 1. The molecule has 0 unspecified atom stereocenters. The van der Waals surface area contributed by atoms with Gasteiger partial charge < -0.3 is 15.2 Å². The van der Waals surface area contributed by atoms with Gasteiger partial charge in [-0.1, -0.05) is 30.3 Å². The summed E-state index contributed by atoms with van der Waals surface area (Å²) in [5.74, 6) is 0.888. The SMILES string of the molecule is COc1ccc(-c2cc(CNC(C)(C)C)c(O)c(-c3ccccc3)c2)cn1. The smallest absolute Gasteiger partial charge is 0.212 e. The van der Waals surface area contributed by atoms with E-state index in [4.69, 9.17) is 4.74 Å². The molecule has 0 aliphatic rings. The molecule has 3 aromatic rings. The van der Waals surface area contributed by atoms with Gasteiger partial charge in [0, 0.05) is 41.0 Å². The van der Waals surface area contributed by atoms with Gasteiger partial charge in [-0.2, -0.15) is 0 Å². The van der Waals surface area contributed by atoms with Crippen molar-refractivity contribution >= 4 is 0 Å². The van der Waals surface area contributed by atoms with Crippen molar-refractivity contribution < 1.29 is 9.84 Å². The third-order valence-electron chi connectivity index (χ3n) is 4.36. The monoisotopic (exact) mass is 362 g/mol. The fraction of sp³-hybridized carbons (Fsp3) is 0.261. The van der Waals surface area contributed by atoms with Gasteiger partial charge in [-0.05, 0) is 50.1 Å². The predicted molar refractivity (Wildman–Crippen MR) is 110 cm³/mol. The summed E-state index contributed by atoms with van der Waals surface area (Å²) >= 11 is 0. The standard InChI is InChI=1S/C23H26N2O2/c1-23(2,3)25-15-19-12-18(17-10-11-21(27-4)24-14-17)13-20(22(19)26)16-8-6-5-7-9-16/h5-14,25-26H,15H2,1-4H3. The van der Waals surface area contributed by atoms with E-state index >= 15 is 0 Å². The van der Waals surface area contributed by atoms with Gasteiger partial charge in [0.1, 0.15) is 5.75 Å². The molecule has 0 radical (unpaired) electrons. The molecular weight excluding hydrogens is 336 g/mol. The lowest BCUT2D eigenvalue weighted by Crippen LogP contribution is -2.35. The minimum atomic E-state index is -0.0446. The molecule has 0 atom stereocenters. The van der Waals surface area contributed by atoms with E-state index in [0.717, 1.165) is 27.8 Å². The van der Waals surface area contributed by atoms with E-state index in [1.165, 1.54) is 0 Å². The zero-order chi connectivity index (χ0) is 19.4. The largest absolute Gasteiger partial charge is 0.507 e. The van der Waals surface area contributed by atoms with Gasteiger partial charge in [-0.15, -0.1) is 0 Å². The predicted octanol–water partition coefficient (Wildman–Crippen LogP) is 5.02. The van der Waals surface area contributed by atoms with E-state index in [1.807, 2.05) is 54.6 Å². The van der Waals surface area contributed by atoms with Crippen LogP contribution < -0.4 is 10.1 Å². The number of nitrogens with zero attached hydrogens (tertiary/aromatic N) is 1. The molecule has 0 aliphatic carbocycles. The minimum absolute atomic E-state index is 0.0446. The van der Waals surface area contributed by atoms with E-state index in [1.54, 1.807) is 13.3 Å². The van der Waals surface area contributed by atoms with Crippen LogP contribution in [0.25, 0.3) is 22.3 Å². The second kappa shape index (κ2) is 7.80. The second-order valence-corrected chi connectivity index (χ2v) is 7.59. The quantitative estimate of drug-likeness (QED) is 0.669. The Bertz CT molecular complexity index is 898. The van der Waals surface area contributed by atoms with Gasteiger partial charge in [0.25, 0.3) is 0 Å². The summed E-state index contributed by atoms with van der Waals surface area (Å²) in [6.45, 7) is 6.91. The molecule has 4 nitrogen and oxygen atoms in total. The van der Waals surface area contributed by atoms with Gasteiger partial charge in [0.15, 0.2) is 0 Å². The van der Waals surface area contributed by atoms with Crippen LogP contribution in [0.1, 0.15) is 26.3 Å². The van der Waals surface area contributed by atoms with Crippen molar-refractivity contribution in [2.24, 2.45) is 0 Å². The van der Waals surface area contributed by atoms with E-state index in [-0.39, 0.29) is 5.54 Å². The molecule has 2 N–H and O–H groups in total. The van der Waals surface area contributed by atoms with Crippen molar-refractivity contribution in [3.05, 3.63) is 66.4 Å². The Kier molecular flexibility index (Phi) is 5.47. The van der Waals surface area contributed by atoms with Crippen LogP contribution in [0.2, 0.25) is 0 Å². The van der Waals surface area contributed by atoms with Gasteiger partial charge in [-0.25, -0.2) is 4.98 Å². The number of nitrogens with one attached hydrogen (secondary N) is 1. The number of hydrogen-bond acceptors (Lipinski definition) is 4. The van der Waals surface area contributed by atoms with Gasteiger partial charge >= 0.3 is 0 Å². The highest BCUT2D eigenvalue weighted by Crippen LogP contribution is 2.37. The van der Waals surface area contributed by atoms with Crippen LogP contribution in [-0.2, 0) is 6.54 Å². The third kappa shape index (κ3) is 4.66. The van der Waals surface area contributed by atoms with Crippen molar-refractivity contribution in [1.82, 2.24) is 10.3 Å². The molecule has 0 spiro atoms. The molecule has 1 heterocycles. The number of phenols is 1. The highest BCUT2D eigenvalue weighted by Gasteiger charge is 2.16. The van der Waals surface area contributed by atoms with E-state index in [2.05, 4.69) is 31.1 Å². The first-order valence-electron chi connectivity index (χ1n) is 9.04. The normalized spacial score (nSPS) is 11.4. The first-order chi connectivity index (χ1) is 12.9. The number of hydrogen-bond donors (Lipinski definition) is 2. The molecule has 0 saturated heterocycles. The number of benzene rings is 2. The molecule has 4 heteroatoms. The first-order valence-corrected chi connectivity index (χ1v) is 9.04. The molecule has 0 saturated carbocycles. The fourth-order valence-corrected chi connectivity index (χ4v) is 2.87. The average Bonchev–Trinajstić information content (AvgIpc) is 2.67. The van der Waals surface area contributed by atoms with Gasteiger partial charge in [0.2, 0.25) is 5.88 Å². The molecule has 2 aromatic carbocycles. The Labute approximate surface area is 160 Å². The van der Waals surface area contributed by atoms with Gasteiger partial charge in [-0.3, -0.25) is 0 Å². The molecule has 0 fully saturated rings. The fourth-order valence-electron chi connectivity index (χ4n) is 2.87. The summed E-state index contributed by atoms with van der Waals surface area (Å²) in [6, 6.07) is 17.8. The second-order valence-electron chi connectivity index (χ2n) is 7.59. The van der Waals surface area contributed by atoms with Crippen LogP contribution in [0, 0.1) is 0 Å². The molecule has 3 rings (SSSR count). The first kappa shape index (κ1) is 18.9. The third-order valence-corrected chi connectivity index (χ3v) is 4.36. The summed E-state index contributed by atoms with van der Waals surface area (Å²) in [5, 5.41) is 14.4. The Hall–Kier alpha value is -2.85. The van der Waals surface area contributed by atoms with Crippen LogP contribution in [0.15, 0.2) is 60.8 Å². The number of rotatable bonds is 5. The Morgan fingerprint density at radius 3 is 2.30 bits per heavy atom. The molecule has 140 valence electrons. The lowest BCUT2D eigenvalue weighted by atomic mass is 9.95. The number of phenolic OH excluding ortho intramolecular Hbond substituents is 1. The minimum Gasteiger partial charge on any atom is -0.507 e. The van der Waals surface area contributed by atoms with Crippen LogP contribution in [0.3, 0.4) is 0 Å². The summed E-state index contributed by atoms with van der Waals surface area (Å²) in [5.41, 5.74) is 4.59. The van der Waals surface area contributed by atoms with Crippen molar-refractivity contribution in [2.45, 2.75) is 32.9 Å². The summed E-state index contributed by atoms with van der Waals surface area (Å²) in [7, 11) is 1.60. The molecule has 27 heavy (non-hydrogen) atoms. The number of methoxy groups -OCH3 is 1. The lowest BCUT2D eigenvalue weighted by Gasteiger charge is -2.22. The number of aromatic nitrogens is 1. The van der Waals surface area contributed by atoms with E-state index < -0.39 is 0 Å². The zero-order valence-corrected chi connectivity index (χ0v) is 16.3. The Morgan fingerprint density at radius 2 is 1.70 bits per heavy atom. The number of ether oxygens (including phenoxy) is 1. The maximum atomic E-state index is 10.9. The molecule has 0 amide bonds. The molecular formula is C23H26N2O2. The number of aromatic hydroxyl groups is 1. The Morgan fingerprint density at radius 1 is 0.963 bits per heavy atom. The van der Waals surface area contributed by atoms with E-state index in [9.17, 15) is 5.11 Å². The van der Waals surface area contributed by atoms with Crippen molar-refractivity contribution in [3.63, 3.8) is 0 Å². The highest BCUT2D eigenvalue weighted by atomic mass is 16.5. The van der Waals surface area contributed by atoms with E-state index in [0.29, 0.717) is 18.2 Å². The topological polar surface area (TPSA) is 54.4 Å². The van der Waals surface area contributed by atoms with Crippen molar-refractivity contribution in [1.29, 1.82) is 0 Å². The average molecular weight is 362 g/mol. The zero-order valence-electron chi connectivity index (χ0n) is 16.3. The van der Waals surface area contributed by atoms with Gasteiger partial charge in [0.05, 0.1) is 7.11 Å². The van der Waals surface area contributed by atoms with Crippen molar-refractivity contribution in [3.8, 4) is 33.9 Å². The summed E-state index contributed by atoms with van der Waals surface area (Å²) in [4.78, 5) is 4.31. The molecule has 1 aromatic heterocycles. The molecule has 0 bridgehead atoms. The van der Waals surface area contributed by atoms with Crippen LogP contribution in [0.4, 0.5) is 0 Å². The lowest BCUT2D eigenvalue weighted by molar-refractivity contribution is 0.398. The van der Waals surface area contributed by atoms with Crippen LogP contribution >= 0.6 is 0 Å².